The molecule has 8 nitrogen and oxygen atoms in total. The van der Waals surface area contributed by atoms with Crippen LogP contribution in [0.25, 0.3) is 0 Å². The molecule has 1 fully saturated rings. The zero-order valence-corrected chi connectivity index (χ0v) is 17.6. The first-order valence-electron chi connectivity index (χ1n) is 9.11. The number of sulfonamides is 1. The van der Waals surface area contributed by atoms with Gasteiger partial charge in [-0.05, 0) is 48.9 Å². The van der Waals surface area contributed by atoms with E-state index >= 15 is 0 Å². The number of rotatable bonds is 7. The Kier molecular flexibility index (Phi) is 5.82. The van der Waals surface area contributed by atoms with Crippen molar-refractivity contribution in [1.29, 1.82) is 0 Å². The van der Waals surface area contributed by atoms with Crippen LogP contribution in [0.4, 0.5) is 9.18 Å². The van der Waals surface area contributed by atoms with E-state index in [2.05, 4.69) is 5.32 Å². The molecule has 1 atom stereocenters. The lowest BCUT2D eigenvalue weighted by molar-refractivity contribution is -0.131. The molecule has 1 aliphatic heterocycles. The number of nitrogens with zero attached hydrogens (tertiary/aromatic N) is 2. The Morgan fingerprint density at radius 3 is 2.23 bits per heavy atom. The van der Waals surface area contributed by atoms with E-state index in [1.807, 2.05) is 0 Å². The van der Waals surface area contributed by atoms with E-state index in [-0.39, 0.29) is 18.0 Å². The van der Waals surface area contributed by atoms with Gasteiger partial charge in [-0.1, -0.05) is 12.1 Å². The van der Waals surface area contributed by atoms with Crippen LogP contribution in [0.15, 0.2) is 53.4 Å². The largest absolute Gasteiger partial charge is 0.492 e. The standard InChI is InChI=1S/C20H22FN3O5S/c1-20(14-4-6-15(21)7-5-14)18(25)24(19(26)22-20)12-13-29-16-8-10-17(11-9-16)30(27,28)23(2)3/h4-11H,12-13H2,1-3H3,(H,22,26)/t20-/m1/s1. The summed E-state index contributed by atoms with van der Waals surface area (Å²) in [5, 5.41) is 2.64. The summed E-state index contributed by atoms with van der Waals surface area (Å²) in [6.45, 7) is 1.59. The van der Waals surface area contributed by atoms with Crippen molar-refractivity contribution in [1.82, 2.24) is 14.5 Å². The normalized spacial score (nSPS) is 19.3. The van der Waals surface area contributed by atoms with Crippen molar-refractivity contribution in [3.63, 3.8) is 0 Å². The van der Waals surface area contributed by atoms with E-state index in [0.29, 0.717) is 11.3 Å². The molecule has 10 heteroatoms. The van der Waals surface area contributed by atoms with Crippen molar-refractivity contribution < 1.29 is 27.1 Å². The minimum absolute atomic E-state index is 0.000794. The second-order valence-corrected chi connectivity index (χ2v) is 9.28. The molecule has 0 saturated carbocycles. The third-order valence-electron chi connectivity index (χ3n) is 4.88. The molecule has 0 aliphatic carbocycles. The Morgan fingerprint density at radius 1 is 1.07 bits per heavy atom. The zero-order valence-electron chi connectivity index (χ0n) is 16.8. The van der Waals surface area contributed by atoms with Crippen LogP contribution in [-0.4, -0.2) is 56.8 Å². The zero-order chi connectivity index (χ0) is 22.1. The average molecular weight is 435 g/mol. The third kappa shape index (κ3) is 4.01. The summed E-state index contributed by atoms with van der Waals surface area (Å²) in [5.74, 6) is -0.495. The minimum Gasteiger partial charge on any atom is -0.492 e. The smallest absolute Gasteiger partial charge is 0.325 e. The Bertz CT molecular complexity index is 1050. The van der Waals surface area contributed by atoms with Gasteiger partial charge in [0.15, 0.2) is 0 Å². The van der Waals surface area contributed by atoms with Gasteiger partial charge in [0.25, 0.3) is 5.91 Å². The number of ether oxygens (including phenoxy) is 1. The number of imide groups is 1. The van der Waals surface area contributed by atoms with E-state index in [1.54, 1.807) is 6.92 Å². The van der Waals surface area contributed by atoms with Gasteiger partial charge in [-0.25, -0.2) is 21.9 Å². The number of hydrogen-bond acceptors (Lipinski definition) is 5. The minimum atomic E-state index is -3.54. The molecular weight excluding hydrogens is 413 g/mol. The summed E-state index contributed by atoms with van der Waals surface area (Å²) < 4.78 is 44.0. The van der Waals surface area contributed by atoms with Crippen LogP contribution in [0, 0.1) is 5.82 Å². The van der Waals surface area contributed by atoms with Crippen LogP contribution in [0.5, 0.6) is 5.75 Å². The van der Waals surface area contributed by atoms with Crippen molar-refractivity contribution in [2.45, 2.75) is 17.4 Å². The van der Waals surface area contributed by atoms with Crippen LogP contribution in [-0.2, 0) is 20.4 Å². The molecule has 1 saturated heterocycles. The summed E-state index contributed by atoms with van der Waals surface area (Å²) in [4.78, 5) is 26.3. The molecule has 3 rings (SSSR count). The second-order valence-electron chi connectivity index (χ2n) is 7.13. The third-order valence-corrected chi connectivity index (χ3v) is 6.71. The van der Waals surface area contributed by atoms with Gasteiger partial charge in [0.05, 0.1) is 11.4 Å². The van der Waals surface area contributed by atoms with Gasteiger partial charge >= 0.3 is 6.03 Å². The second kappa shape index (κ2) is 8.04. The first-order chi connectivity index (χ1) is 14.1. The van der Waals surface area contributed by atoms with Gasteiger partial charge in [-0.15, -0.1) is 0 Å². The molecule has 0 radical (unpaired) electrons. The highest BCUT2D eigenvalue weighted by molar-refractivity contribution is 7.89. The summed E-state index contributed by atoms with van der Waals surface area (Å²) in [6, 6.07) is 10.7. The van der Waals surface area contributed by atoms with Crippen molar-refractivity contribution in [3.8, 4) is 5.75 Å². The van der Waals surface area contributed by atoms with E-state index in [1.165, 1.54) is 62.6 Å². The van der Waals surface area contributed by atoms with E-state index < -0.39 is 33.3 Å². The summed E-state index contributed by atoms with van der Waals surface area (Å²) in [6.07, 6.45) is 0. The van der Waals surface area contributed by atoms with E-state index in [4.69, 9.17) is 4.74 Å². The SMILES string of the molecule is CN(C)S(=O)(=O)c1ccc(OCCN2C(=O)N[C@](C)(c3ccc(F)cc3)C2=O)cc1. The first-order valence-corrected chi connectivity index (χ1v) is 10.6. The maximum Gasteiger partial charge on any atom is 0.325 e. The molecule has 2 aromatic rings. The fourth-order valence-electron chi connectivity index (χ4n) is 3.05. The molecule has 1 N–H and O–H groups in total. The quantitative estimate of drug-likeness (QED) is 0.671. The highest BCUT2D eigenvalue weighted by Gasteiger charge is 2.48. The topological polar surface area (TPSA) is 96.0 Å². The van der Waals surface area contributed by atoms with Crippen molar-refractivity contribution in [2.75, 3.05) is 27.2 Å². The fraction of sp³-hybridized carbons (Fsp3) is 0.300. The lowest BCUT2D eigenvalue weighted by atomic mass is 9.92. The molecule has 1 heterocycles. The Hall–Kier alpha value is -2.98. The number of hydrogen-bond donors (Lipinski definition) is 1. The van der Waals surface area contributed by atoms with Gasteiger partial charge in [-0.3, -0.25) is 9.69 Å². The number of carbonyl (C=O) groups excluding carboxylic acids is 2. The number of carbonyl (C=O) groups is 2. The van der Waals surface area contributed by atoms with Crippen LogP contribution in [0.1, 0.15) is 12.5 Å². The van der Waals surface area contributed by atoms with Gasteiger partial charge in [0, 0.05) is 14.1 Å². The van der Waals surface area contributed by atoms with Gasteiger partial charge in [-0.2, -0.15) is 0 Å². The number of benzene rings is 2. The summed E-state index contributed by atoms with van der Waals surface area (Å²) in [7, 11) is -0.651. The summed E-state index contributed by atoms with van der Waals surface area (Å²) in [5.41, 5.74) is -0.809. The van der Waals surface area contributed by atoms with Crippen LogP contribution >= 0.6 is 0 Å². The lowest BCUT2D eigenvalue weighted by Gasteiger charge is -2.22. The highest BCUT2D eigenvalue weighted by atomic mass is 32.2. The van der Waals surface area contributed by atoms with E-state index in [9.17, 15) is 22.4 Å². The molecule has 0 spiro atoms. The van der Waals surface area contributed by atoms with Gasteiger partial charge in [0.1, 0.15) is 23.7 Å². The number of urea groups is 1. The van der Waals surface area contributed by atoms with E-state index in [0.717, 1.165) is 9.21 Å². The van der Waals surface area contributed by atoms with Gasteiger partial charge in [0.2, 0.25) is 10.0 Å². The highest BCUT2D eigenvalue weighted by Crippen LogP contribution is 2.29. The van der Waals surface area contributed by atoms with Gasteiger partial charge < -0.3 is 10.1 Å². The molecule has 30 heavy (non-hydrogen) atoms. The molecule has 0 unspecified atom stereocenters. The maximum atomic E-state index is 13.2. The molecular formula is C20H22FN3O5S. The average Bonchev–Trinajstić information content (AvgIpc) is 2.92. The Morgan fingerprint density at radius 2 is 1.67 bits per heavy atom. The number of amides is 3. The van der Waals surface area contributed by atoms with Crippen LogP contribution < -0.4 is 10.1 Å². The summed E-state index contributed by atoms with van der Waals surface area (Å²) >= 11 is 0. The number of halogens is 1. The Balaban J connectivity index is 1.63. The van der Waals surface area contributed by atoms with Crippen molar-refractivity contribution in [2.24, 2.45) is 0 Å². The molecule has 160 valence electrons. The fourth-order valence-corrected chi connectivity index (χ4v) is 3.95. The molecule has 1 aliphatic rings. The molecule has 0 aromatic heterocycles. The molecule has 3 amide bonds. The van der Waals surface area contributed by atoms with Crippen LogP contribution in [0.3, 0.4) is 0 Å². The molecule has 0 bridgehead atoms. The predicted molar refractivity (Wildman–Crippen MR) is 107 cm³/mol. The van der Waals surface area contributed by atoms with Crippen molar-refractivity contribution >= 4 is 22.0 Å². The monoisotopic (exact) mass is 435 g/mol. The number of nitrogens with one attached hydrogen (secondary N) is 1. The maximum absolute atomic E-state index is 13.2. The van der Waals surface area contributed by atoms with Crippen molar-refractivity contribution in [3.05, 3.63) is 59.9 Å². The Labute approximate surface area is 174 Å². The molecule has 2 aromatic carbocycles. The predicted octanol–water partition coefficient (Wildman–Crippen LogP) is 1.92. The van der Waals surface area contributed by atoms with Crippen LogP contribution in [0.2, 0.25) is 0 Å². The first kappa shape index (κ1) is 21.7. The lowest BCUT2D eigenvalue weighted by Crippen LogP contribution is -2.41.